The van der Waals surface area contributed by atoms with Gasteiger partial charge in [-0.2, -0.15) is 0 Å². The number of ether oxygens (including phenoxy) is 4. The molecule has 0 fully saturated rings. The van der Waals surface area contributed by atoms with Gasteiger partial charge in [0.2, 0.25) is 0 Å². The Morgan fingerprint density at radius 2 is 0.490 bits per heavy atom. The summed E-state index contributed by atoms with van der Waals surface area (Å²) in [5, 5.41) is 10.6. The molecule has 0 bridgehead atoms. The molecule has 0 radical (unpaired) electrons. The van der Waals surface area contributed by atoms with E-state index in [-0.39, 0.29) is 25.7 Å². The summed E-state index contributed by atoms with van der Waals surface area (Å²) in [5.41, 5.74) is 0. The molecule has 0 aromatic carbocycles. The van der Waals surface area contributed by atoms with Crippen molar-refractivity contribution < 1.29 is 80.2 Å². The average molecular weight is 1410 g/mol. The van der Waals surface area contributed by atoms with Crippen LogP contribution in [0.1, 0.15) is 387 Å². The highest BCUT2D eigenvalue weighted by Gasteiger charge is 2.30. The molecule has 0 aliphatic carbocycles. The lowest BCUT2D eigenvalue weighted by molar-refractivity contribution is -0.161. The van der Waals surface area contributed by atoms with Crippen LogP contribution in [0.5, 0.6) is 0 Å². The zero-order chi connectivity index (χ0) is 70.4. The van der Waals surface area contributed by atoms with Gasteiger partial charge in [-0.3, -0.25) is 37.3 Å². The van der Waals surface area contributed by atoms with Gasteiger partial charge < -0.3 is 33.8 Å². The Morgan fingerprint density at radius 3 is 0.750 bits per heavy atom. The number of phosphoric ester groups is 2. The summed E-state index contributed by atoms with van der Waals surface area (Å²) in [6, 6.07) is 0. The molecular formula is C77H146O17P2. The third-order valence-electron chi connectivity index (χ3n) is 17.4. The van der Waals surface area contributed by atoms with E-state index in [1.165, 1.54) is 186 Å². The number of aliphatic hydroxyl groups excluding tert-OH is 1. The minimum Gasteiger partial charge on any atom is -0.462 e. The van der Waals surface area contributed by atoms with Gasteiger partial charge in [-0.25, -0.2) is 9.13 Å². The minimum absolute atomic E-state index is 0.0899. The molecule has 19 heteroatoms. The fourth-order valence-electron chi connectivity index (χ4n) is 11.3. The van der Waals surface area contributed by atoms with Gasteiger partial charge in [0, 0.05) is 25.7 Å². The summed E-state index contributed by atoms with van der Waals surface area (Å²) < 4.78 is 68.5. The van der Waals surface area contributed by atoms with E-state index < -0.39 is 97.5 Å². The highest BCUT2D eigenvalue weighted by atomic mass is 31.2. The molecule has 0 heterocycles. The van der Waals surface area contributed by atoms with E-state index in [0.717, 1.165) is 122 Å². The third-order valence-corrected chi connectivity index (χ3v) is 19.3. The fourth-order valence-corrected chi connectivity index (χ4v) is 12.9. The van der Waals surface area contributed by atoms with Crippen molar-refractivity contribution in [1.29, 1.82) is 0 Å². The van der Waals surface area contributed by atoms with Crippen molar-refractivity contribution in [3.63, 3.8) is 0 Å². The number of phosphoric acid groups is 2. The molecule has 5 atom stereocenters. The van der Waals surface area contributed by atoms with E-state index in [1.54, 1.807) is 0 Å². The molecule has 96 heavy (non-hydrogen) atoms. The van der Waals surface area contributed by atoms with Crippen LogP contribution >= 0.6 is 15.6 Å². The maximum absolute atomic E-state index is 13.1. The molecular weight excluding hydrogens is 1260 g/mol. The fraction of sp³-hybridized carbons (Fsp3) is 0.896. The van der Waals surface area contributed by atoms with Crippen LogP contribution in [0.4, 0.5) is 0 Å². The van der Waals surface area contributed by atoms with E-state index >= 15 is 0 Å². The van der Waals surface area contributed by atoms with Crippen LogP contribution in [-0.4, -0.2) is 96.7 Å². The first kappa shape index (κ1) is 93.5. The van der Waals surface area contributed by atoms with E-state index in [0.29, 0.717) is 25.7 Å². The van der Waals surface area contributed by atoms with Gasteiger partial charge >= 0.3 is 39.5 Å². The van der Waals surface area contributed by atoms with Crippen molar-refractivity contribution in [3.8, 4) is 0 Å². The monoisotopic (exact) mass is 1410 g/mol. The SMILES string of the molecule is CCCC/C=C\CCCCCCCC(=O)OC(COC(=O)CCCCCCC/C=C\CCCCCCCC)COP(=O)(O)OCC(O)COP(=O)(O)OCC(COC(=O)CCCCCCCCCCCCCCCCC)OC(=O)CCCCCCCCCCCCCCCCC. The number of hydrogen-bond donors (Lipinski definition) is 3. The molecule has 0 rings (SSSR count). The summed E-state index contributed by atoms with van der Waals surface area (Å²) in [7, 11) is -9.92. The minimum atomic E-state index is -4.96. The Bertz CT molecular complexity index is 1920. The predicted octanol–water partition coefficient (Wildman–Crippen LogP) is 22.6. The summed E-state index contributed by atoms with van der Waals surface area (Å²) in [4.78, 5) is 72.8. The van der Waals surface area contributed by atoms with Crippen LogP contribution in [0.3, 0.4) is 0 Å². The Balaban J connectivity index is 5.27. The van der Waals surface area contributed by atoms with Gasteiger partial charge in [0.15, 0.2) is 12.2 Å². The number of aliphatic hydroxyl groups is 1. The van der Waals surface area contributed by atoms with Gasteiger partial charge in [0.1, 0.15) is 19.3 Å². The molecule has 17 nitrogen and oxygen atoms in total. The second-order valence-electron chi connectivity index (χ2n) is 27.0. The van der Waals surface area contributed by atoms with Crippen LogP contribution in [0.15, 0.2) is 24.3 Å². The molecule has 566 valence electrons. The summed E-state index contributed by atoms with van der Waals surface area (Å²) >= 11 is 0. The molecule has 0 aliphatic rings. The van der Waals surface area contributed by atoms with E-state index in [2.05, 4.69) is 52.0 Å². The molecule has 0 aromatic rings. The number of unbranched alkanes of at least 4 members (excludes halogenated alkanes) is 46. The largest absolute Gasteiger partial charge is 0.472 e. The maximum atomic E-state index is 13.1. The van der Waals surface area contributed by atoms with Crippen molar-refractivity contribution >= 4 is 39.5 Å². The first-order valence-electron chi connectivity index (χ1n) is 39.6. The topological polar surface area (TPSA) is 237 Å². The number of carbonyl (C=O) groups is 4. The number of hydrogen-bond acceptors (Lipinski definition) is 15. The van der Waals surface area contributed by atoms with Crippen LogP contribution in [0.2, 0.25) is 0 Å². The normalized spacial score (nSPS) is 14.0. The van der Waals surface area contributed by atoms with Crippen molar-refractivity contribution in [2.45, 2.75) is 406 Å². The molecule has 0 saturated carbocycles. The van der Waals surface area contributed by atoms with Crippen molar-refractivity contribution in [3.05, 3.63) is 24.3 Å². The molecule has 3 N–H and O–H groups in total. The first-order chi connectivity index (χ1) is 46.7. The molecule has 5 unspecified atom stereocenters. The van der Waals surface area contributed by atoms with E-state index in [1.807, 2.05) is 0 Å². The van der Waals surface area contributed by atoms with Gasteiger partial charge in [-0.05, 0) is 70.6 Å². The highest BCUT2D eigenvalue weighted by molar-refractivity contribution is 7.47. The van der Waals surface area contributed by atoms with Crippen LogP contribution < -0.4 is 0 Å². The predicted molar refractivity (Wildman–Crippen MR) is 391 cm³/mol. The number of allylic oxidation sites excluding steroid dienone is 4. The van der Waals surface area contributed by atoms with E-state index in [9.17, 15) is 43.2 Å². The average Bonchev–Trinajstić information content (AvgIpc) is 1.98. The Morgan fingerprint density at radius 1 is 0.281 bits per heavy atom. The Kier molecular flexibility index (Phi) is 69.1. The van der Waals surface area contributed by atoms with Gasteiger partial charge in [-0.1, -0.05) is 315 Å². The van der Waals surface area contributed by atoms with Crippen molar-refractivity contribution in [1.82, 2.24) is 0 Å². The summed E-state index contributed by atoms with van der Waals surface area (Å²) in [6.45, 7) is 4.91. The summed E-state index contributed by atoms with van der Waals surface area (Å²) in [6.07, 6.45) is 64.5. The molecule has 0 saturated heterocycles. The lowest BCUT2D eigenvalue weighted by Crippen LogP contribution is -2.30. The van der Waals surface area contributed by atoms with Crippen molar-refractivity contribution in [2.75, 3.05) is 39.6 Å². The van der Waals surface area contributed by atoms with Crippen LogP contribution in [0, 0.1) is 0 Å². The van der Waals surface area contributed by atoms with E-state index in [4.69, 9.17) is 37.0 Å². The zero-order valence-corrected chi connectivity index (χ0v) is 63.6. The molecule has 0 aliphatic heterocycles. The first-order valence-corrected chi connectivity index (χ1v) is 42.6. The molecule has 0 amide bonds. The number of rotatable bonds is 76. The van der Waals surface area contributed by atoms with Crippen LogP contribution in [-0.2, 0) is 65.4 Å². The van der Waals surface area contributed by atoms with Gasteiger partial charge in [0.05, 0.1) is 26.4 Å². The quantitative estimate of drug-likeness (QED) is 0.0169. The highest BCUT2D eigenvalue weighted by Crippen LogP contribution is 2.45. The summed E-state index contributed by atoms with van der Waals surface area (Å²) in [5.74, 6) is -2.14. The lowest BCUT2D eigenvalue weighted by atomic mass is 10.0. The zero-order valence-electron chi connectivity index (χ0n) is 61.8. The Labute approximate surface area is 586 Å². The van der Waals surface area contributed by atoms with Gasteiger partial charge in [-0.15, -0.1) is 0 Å². The lowest BCUT2D eigenvalue weighted by Gasteiger charge is -2.21. The van der Waals surface area contributed by atoms with Crippen LogP contribution in [0.25, 0.3) is 0 Å². The molecule has 0 spiro atoms. The number of carbonyl (C=O) groups excluding carboxylic acids is 4. The third kappa shape index (κ3) is 70.0. The standard InChI is InChI=1S/C77H146O17P2/c1-5-9-13-17-21-25-29-32-35-38-42-45-49-53-57-61-74(79)87-67-72(93-76(81)63-59-55-51-47-41-28-24-20-16-12-8-4)69-91-95(83,84)89-65-71(78)66-90-96(85,86)92-70-73(94-77(82)64-60-56-52-48-44-40-37-34-31-27-23-19-15-11-7-3)68-88-75(80)62-58-54-50-46-43-39-36-33-30-26-22-18-14-10-6-2/h20,24,32,35,71-73,78H,5-19,21-23,25-31,33-34,36-70H2,1-4H3,(H,83,84)(H,85,86)/b24-20-,35-32-. The second kappa shape index (κ2) is 71.0. The number of esters is 4. The molecule has 0 aromatic heterocycles. The van der Waals surface area contributed by atoms with Gasteiger partial charge in [0.25, 0.3) is 0 Å². The Hall–Kier alpha value is -2.46. The maximum Gasteiger partial charge on any atom is 0.472 e. The smallest absolute Gasteiger partial charge is 0.462 e. The van der Waals surface area contributed by atoms with Crippen molar-refractivity contribution in [2.24, 2.45) is 0 Å². The second-order valence-corrected chi connectivity index (χ2v) is 29.9.